The number of carbonyl (C=O) groups is 1. The number of halogens is 1. The molecule has 2 aromatic heterocycles. The molecule has 2 heterocycles. The lowest BCUT2D eigenvalue weighted by Crippen LogP contribution is -2.26. The topological polar surface area (TPSA) is 66.9 Å². The van der Waals surface area contributed by atoms with E-state index in [-0.39, 0.29) is 11.7 Å². The number of anilines is 1. The standard InChI is InChI=1S/C20H19FN4O/c21-18-4-2-1-3-16(18)9-12-23-20(26)17-5-6-19(25-14-17)24-13-15-7-10-22-11-8-15/h1-8,10-11,14H,9,12-13H2,(H,23,26)(H,24,25). The van der Waals surface area contributed by atoms with Gasteiger partial charge in [0.2, 0.25) is 0 Å². The van der Waals surface area contributed by atoms with Gasteiger partial charge in [-0.05, 0) is 47.9 Å². The van der Waals surface area contributed by atoms with Gasteiger partial charge in [-0.25, -0.2) is 9.37 Å². The summed E-state index contributed by atoms with van der Waals surface area (Å²) in [5, 5.41) is 5.96. The lowest BCUT2D eigenvalue weighted by molar-refractivity contribution is 0.0953. The van der Waals surface area contributed by atoms with Crippen LogP contribution in [0.1, 0.15) is 21.5 Å². The minimum Gasteiger partial charge on any atom is -0.366 e. The van der Waals surface area contributed by atoms with Crippen LogP contribution in [0.25, 0.3) is 0 Å². The summed E-state index contributed by atoms with van der Waals surface area (Å²) in [4.78, 5) is 20.4. The van der Waals surface area contributed by atoms with E-state index >= 15 is 0 Å². The Morgan fingerprint density at radius 1 is 1.04 bits per heavy atom. The highest BCUT2D eigenvalue weighted by molar-refractivity contribution is 5.94. The summed E-state index contributed by atoms with van der Waals surface area (Å²) in [7, 11) is 0. The number of nitrogens with zero attached hydrogens (tertiary/aromatic N) is 2. The Labute approximate surface area is 151 Å². The number of carbonyl (C=O) groups excluding carboxylic acids is 1. The van der Waals surface area contributed by atoms with Crippen molar-refractivity contribution in [2.24, 2.45) is 0 Å². The van der Waals surface area contributed by atoms with Crippen LogP contribution in [-0.2, 0) is 13.0 Å². The quantitative estimate of drug-likeness (QED) is 0.687. The average Bonchev–Trinajstić information content (AvgIpc) is 2.69. The predicted octanol–water partition coefficient (Wildman–Crippen LogP) is 3.20. The van der Waals surface area contributed by atoms with Gasteiger partial charge in [-0.2, -0.15) is 0 Å². The molecule has 0 unspecified atom stereocenters. The van der Waals surface area contributed by atoms with Gasteiger partial charge in [0.25, 0.3) is 5.91 Å². The molecule has 0 aliphatic rings. The minimum absolute atomic E-state index is 0.227. The van der Waals surface area contributed by atoms with Crippen LogP contribution in [0.5, 0.6) is 0 Å². The molecule has 2 N–H and O–H groups in total. The first-order valence-corrected chi connectivity index (χ1v) is 8.33. The second-order valence-electron chi connectivity index (χ2n) is 5.74. The lowest BCUT2D eigenvalue weighted by Gasteiger charge is -2.08. The number of hydrogen-bond donors (Lipinski definition) is 2. The Morgan fingerprint density at radius 2 is 1.85 bits per heavy atom. The molecule has 0 atom stereocenters. The number of benzene rings is 1. The van der Waals surface area contributed by atoms with Crippen molar-refractivity contribution in [3.05, 3.63) is 89.6 Å². The molecule has 0 saturated carbocycles. The minimum atomic E-state index is -0.256. The smallest absolute Gasteiger partial charge is 0.252 e. The van der Waals surface area contributed by atoms with Gasteiger partial charge in [-0.3, -0.25) is 9.78 Å². The largest absolute Gasteiger partial charge is 0.366 e. The van der Waals surface area contributed by atoms with Crippen molar-refractivity contribution in [2.45, 2.75) is 13.0 Å². The number of nitrogens with one attached hydrogen (secondary N) is 2. The Bertz CT molecular complexity index is 853. The van der Waals surface area contributed by atoms with E-state index in [4.69, 9.17) is 0 Å². The maximum absolute atomic E-state index is 13.5. The molecule has 0 aliphatic carbocycles. The van der Waals surface area contributed by atoms with Gasteiger partial charge >= 0.3 is 0 Å². The number of rotatable bonds is 7. The summed E-state index contributed by atoms with van der Waals surface area (Å²) in [5.74, 6) is 0.201. The fourth-order valence-electron chi connectivity index (χ4n) is 2.44. The lowest BCUT2D eigenvalue weighted by atomic mass is 10.1. The maximum Gasteiger partial charge on any atom is 0.252 e. The van der Waals surface area contributed by atoms with Crippen molar-refractivity contribution in [3.8, 4) is 0 Å². The Morgan fingerprint density at radius 3 is 2.58 bits per heavy atom. The molecule has 0 saturated heterocycles. The number of hydrogen-bond acceptors (Lipinski definition) is 4. The second-order valence-corrected chi connectivity index (χ2v) is 5.74. The highest BCUT2D eigenvalue weighted by Gasteiger charge is 2.07. The molecule has 3 aromatic rings. The Hall–Kier alpha value is -3.28. The van der Waals surface area contributed by atoms with Crippen LogP contribution in [0.15, 0.2) is 67.1 Å². The molecule has 0 radical (unpaired) electrons. The van der Waals surface area contributed by atoms with Crippen molar-refractivity contribution in [1.82, 2.24) is 15.3 Å². The Kier molecular flexibility index (Phi) is 5.88. The maximum atomic E-state index is 13.5. The zero-order valence-electron chi connectivity index (χ0n) is 14.2. The molecule has 3 rings (SSSR count). The molecule has 0 spiro atoms. The number of aromatic nitrogens is 2. The van der Waals surface area contributed by atoms with Crippen LogP contribution in [0.3, 0.4) is 0 Å². The molecular weight excluding hydrogens is 331 g/mol. The molecule has 0 aliphatic heterocycles. The first-order valence-electron chi connectivity index (χ1n) is 8.33. The number of pyridine rings is 2. The van der Waals surface area contributed by atoms with Gasteiger partial charge in [0.1, 0.15) is 11.6 Å². The molecule has 0 bridgehead atoms. The summed E-state index contributed by atoms with van der Waals surface area (Å²) in [6.45, 7) is 0.992. The third kappa shape index (κ3) is 4.86. The van der Waals surface area contributed by atoms with Gasteiger partial charge < -0.3 is 10.6 Å². The van der Waals surface area contributed by atoms with Crippen LogP contribution in [0.2, 0.25) is 0 Å². The Balaban J connectivity index is 1.48. The van der Waals surface area contributed by atoms with Crippen molar-refractivity contribution >= 4 is 11.7 Å². The monoisotopic (exact) mass is 350 g/mol. The third-order valence-electron chi connectivity index (χ3n) is 3.89. The highest BCUT2D eigenvalue weighted by Crippen LogP contribution is 2.08. The molecule has 1 aromatic carbocycles. The van der Waals surface area contributed by atoms with Gasteiger partial charge in [0.15, 0.2) is 0 Å². The molecule has 1 amide bonds. The van der Waals surface area contributed by atoms with E-state index in [0.717, 1.165) is 5.56 Å². The van der Waals surface area contributed by atoms with E-state index in [9.17, 15) is 9.18 Å². The summed E-state index contributed by atoms with van der Waals surface area (Å²) >= 11 is 0. The molecular formula is C20H19FN4O. The normalized spacial score (nSPS) is 10.3. The van der Waals surface area contributed by atoms with Gasteiger partial charge in [-0.1, -0.05) is 18.2 Å². The summed E-state index contributed by atoms with van der Waals surface area (Å²) in [5.41, 5.74) is 2.14. The third-order valence-corrected chi connectivity index (χ3v) is 3.89. The van der Waals surface area contributed by atoms with E-state index in [1.54, 1.807) is 42.7 Å². The summed E-state index contributed by atoms with van der Waals surface area (Å²) in [6, 6.07) is 13.9. The molecule has 6 heteroatoms. The molecule has 26 heavy (non-hydrogen) atoms. The average molecular weight is 350 g/mol. The van der Waals surface area contributed by atoms with Crippen LogP contribution in [-0.4, -0.2) is 22.4 Å². The van der Waals surface area contributed by atoms with Gasteiger partial charge in [0.05, 0.1) is 5.56 Å². The fraction of sp³-hybridized carbons (Fsp3) is 0.150. The molecule has 5 nitrogen and oxygen atoms in total. The van der Waals surface area contributed by atoms with Crippen molar-refractivity contribution in [2.75, 3.05) is 11.9 Å². The van der Waals surface area contributed by atoms with E-state index in [1.807, 2.05) is 12.1 Å². The van der Waals surface area contributed by atoms with Crippen LogP contribution in [0, 0.1) is 5.82 Å². The zero-order valence-corrected chi connectivity index (χ0v) is 14.2. The summed E-state index contributed by atoms with van der Waals surface area (Å²) in [6.07, 6.45) is 5.43. The predicted molar refractivity (Wildman–Crippen MR) is 98.2 cm³/mol. The zero-order chi connectivity index (χ0) is 18.2. The fourth-order valence-corrected chi connectivity index (χ4v) is 2.44. The number of amides is 1. The van der Waals surface area contributed by atoms with Gasteiger partial charge in [-0.15, -0.1) is 0 Å². The van der Waals surface area contributed by atoms with Crippen LogP contribution in [0.4, 0.5) is 10.2 Å². The van der Waals surface area contributed by atoms with Gasteiger partial charge in [0, 0.05) is 31.7 Å². The second kappa shape index (κ2) is 8.71. The van der Waals surface area contributed by atoms with E-state index in [2.05, 4.69) is 20.6 Å². The van der Waals surface area contributed by atoms with E-state index in [0.29, 0.717) is 36.5 Å². The summed E-state index contributed by atoms with van der Waals surface area (Å²) < 4.78 is 13.5. The van der Waals surface area contributed by atoms with Crippen LogP contribution < -0.4 is 10.6 Å². The molecule has 0 fully saturated rings. The van der Waals surface area contributed by atoms with E-state index in [1.165, 1.54) is 12.3 Å². The van der Waals surface area contributed by atoms with Crippen molar-refractivity contribution in [1.29, 1.82) is 0 Å². The van der Waals surface area contributed by atoms with Crippen LogP contribution >= 0.6 is 0 Å². The van der Waals surface area contributed by atoms with Crippen molar-refractivity contribution < 1.29 is 9.18 Å². The molecule has 132 valence electrons. The highest BCUT2D eigenvalue weighted by atomic mass is 19.1. The first kappa shape index (κ1) is 17.5. The first-order chi connectivity index (χ1) is 12.7. The van der Waals surface area contributed by atoms with E-state index < -0.39 is 0 Å². The van der Waals surface area contributed by atoms with Crippen molar-refractivity contribution in [3.63, 3.8) is 0 Å². The SMILES string of the molecule is O=C(NCCc1ccccc1F)c1ccc(NCc2ccncc2)nc1.